The van der Waals surface area contributed by atoms with Crippen molar-refractivity contribution < 1.29 is 19.1 Å². The molecule has 2 amide bonds. The Hall–Kier alpha value is -2.77. The van der Waals surface area contributed by atoms with Gasteiger partial charge in [0.25, 0.3) is 5.91 Å². The number of pyridine rings is 1. The summed E-state index contributed by atoms with van der Waals surface area (Å²) < 4.78 is 11.1. The molecule has 1 fully saturated rings. The van der Waals surface area contributed by atoms with E-state index >= 15 is 0 Å². The molecule has 1 saturated heterocycles. The maximum Gasteiger partial charge on any atom is 0.254 e. The van der Waals surface area contributed by atoms with Crippen molar-refractivity contribution in [3.05, 3.63) is 54.4 Å². The van der Waals surface area contributed by atoms with Gasteiger partial charge in [-0.05, 0) is 24.1 Å². The van der Waals surface area contributed by atoms with Crippen molar-refractivity contribution in [3.63, 3.8) is 0 Å². The van der Waals surface area contributed by atoms with E-state index in [1.54, 1.807) is 17.3 Å². The fraction of sp³-hybridized carbons (Fsp3) is 0.409. The van der Waals surface area contributed by atoms with E-state index in [4.69, 9.17) is 9.47 Å². The second-order valence-corrected chi connectivity index (χ2v) is 7.03. The summed E-state index contributed by atoms with van der Waals surface area (Å²) >= 11 is 0. The minimum absolute atomic E-state index is 0.0161. The number of carbonyl (C=O) groups excluding carboxylic acids is 2. The number of aromatic nitrogens is 1. The number of carbonyl (C=O) groups is 2. The Bertz CT molecular complexity index is 843. The fourth-order valence-corrected chi connectivity index (χ4v) is 3.64. The van der Waals surface area contributed by atoms with Gasteiger partial charge < -0.3 is 19.7 Å². The molecule has 1 aliphatic heterocycles. The van der Waals surface area contributed by atoms with E-state index in [1.165, 1.54) is 7.11 Å². The summed E-state index contributed by atoms with van der Waals surface area (Å²) in [5, 5.41) is 2.88. The quantitative estimate of drug-likeness (QED) is 0.769. The van der Waals surface area contributed by atoms with Gasteiger partial charge in [0.05, 0.1) is 13.2 Å². The molecule has 7 nitrogen and oxygen atoms in total. The number of benzene rings is 1. The van der Waals surface area contributed by atoms with Gasteiger partial charge in [0.2, 0.25) is 5.91 Å². The van der Waals surface area contributed by atoms with Gasteiger partial charge in [-0.25, -0.2) is 0 Å². The van der Waals surface area contributed by atoms with Gasteiger partial charge in [0.1, 0.15) is 6.61 Å². The van der Waals surface area contributed by atoms with Crippen molar-refractivity contribution >= 4 is 11.8 Å². The van der Waals surface area contributed by atoms with Crippen molar-refractivity contribution in [2.24, 2.45) is 0 Å². The molecule has 154 valence electrons. The van der Waals surface area contributed by atoms with Crippen LogP contribution in [0.1, 0.15) is 12.5 Å². The van der Waals surface area contributed by atoms with Crippen molar-refractivity contribution in [3.8, 4) is 11.1 Å². The number of rotatable bonds is 7. The van der Waals surface area contributed by atoms with Crippen LogP contribution in [0.5, 0.6) is 0 Å². The Morgan fingerprint density at radius 2 is 2.10 bits per heavy atom. The van der Waals surface area contributed by atoms with Crippen LogP contribution in [0.25, 0.3) is 11.1 Å². The first kappa shape index (κ1) is 21.0. The Kier molecular flexibility index (Phi) is 6.95. The third-order valence-corrected chi connectivity index (χ3v) is 5.02. The third-order valence-electron chi connectivity index (χ3n) is 5.02. The lowest BCUT2D eigenvalue weighted by Gasteiger charge is -2.42. The van der Waals surface area contributed by atoms with Crippen molar-refractivity contribution in [2.45, 2.75) is 18.9 Å². The van der Waals surface area contributed by atoms with Crippen LogP contribution in [-0.2, 0) is 25.5 Å². The second-order valence-electron chi connectivity index (χ2n) is 7.03. The molecule has 7 heteroatoms. The average molecular weight is 397 g/mol. The van der Waals surface area contributed by atoms with E-state index < -0.39 is 5.60 Å². The van der Waals surface area contributed by atoms with Crippen molar-refractivity contribution in [2.75, 3.05) is 40.0 Å². The van der Waals surface area contributed by atoms with Gasteiger partial charge in [0.15, 0.2) is 5.60 Å². The summed E-state index contributed by atoms with van der Waals surface area (Å²) in [6.07, 6.45) is 3.88. The number of amides is 2. The summed E-state index contributed by atoms with van der Waals surface area (Å²) in [6, 6.07) is 11.8. The zero-order valence-electron chi connectivity index (χ0n) is 16.9. The highest BCUT2D eigenvalue weighted by Crippen LogP contribution is 2.30. The standard InChI is InChI=1S/C22H27N3O4/c1-3-24-21(27)22(16-25(11-12-29-22)20(26)15-28-2)13-17-7-4-5-9-19(17)18-8-6-10-23-14-18/h4-10,14H,3,11-13,15-16H2,1-2H3,(H,24,27)/t22-/m0/s1. The summed E-state index contributed by atoms with van der Waals surface area (Å²) in [5.74, 6) is -0.360. The van der Waals surface area contributed by atoms with Gasteiger partial charge in [-0.2, -0.15) is 0 Å². The number of ether oxygens (including phenoxy) is 2. The smallest absolute Gasteiger partial charge is 0.254 e. The van der Waals surface area contributed by atoms with Gasteiger partial charge in [0, 0.05) is 44.6 Å². The molecule has 0 unspecified atom stereocenters. The van der Waals surface area contributed by atoms with E-state index in [0.717, 1.165) is 16.7 Å². The maximum atomic E-state index is 13.1. The molecule has 2 aromatic rings. The molecule has 0 spiro atoms. The molecule has 0 radical (unpaired) electrons. The monoisotopic (exact) mass is 397 g/mol. The van der Waals surface area contributed by atoms with Gasteiger partial charge in [-0.3, -0.25) is 14.6 Å². The number of morpholine rings is 1. The average Bonchev–Trinajstić information content (AvgIpc) is 2.75. The summed E-state index contributed by atoms with van der Waals surface area (Å²) in [7, 11) is 1.49. The highest BCUT2D eigenvalue weighted by atomic mass is 16.5. The van der Waals surface area contributed by atoms with Crippen LogP contribution in [0.4, 0.5) is 0 Å². The molecule has 2 heterocycles. The largest absolute Gasteiger partial charge is 0.375 e. The van der Waals surface area contributed by atoms with E-state index in [0.29, 0.717) is 26.1 Å². The Morgan fingerprint density at radius 3 is 2.83 bits per heavy atom. The van der Waals surface area contributed by atoms with E-state index in [9.17, 15) is 9.59 Å². The minimum Gasteiger partial charge on any atom is -0.375 e. The summed E-state index contributed by atoms with van der Waals surface area (Å²) in [6.45, 7) is 3.25. The minimum atomic E-state index is -1.16. The molecular formula is C22H27N3O4. The predicted molar refractivity (Wildman–Crippen MR) is 109 cm³/mol. The molecule has 29 heavy (non-hydrogen) atoms. The van der Waals surface area contributed by atoms with Gasteiger partial charge in [-0.15, -0.1) is 0 Å². The lowest BCUT2D eigenvalue weighted by Crippen LogP contribution is -2.62. The number of nitrogens with one attached hydrogen (secondary N) is 1. The van der Waals surface area contributed by atoms with Crippen LogP contribution in [0.2, 0.25) is 0 Å². The van der Waals surface area contributed by atoms with E-state index in [-0.39, 0.29) is 25.0 Å². The molecule has 3 rings (SSSR count). The second kappa shape index (κ2) is 9.62. The first-order valence-electron chi connectivity index (χ1n) is 9.77. The lowest BCUT2D eigenvalue weighted by molar-refractivity contribution is -0.167. The van der Waals surface area contributed by atoms with E-state index in [1.807, 2.05) is 43.3 Å². The molecule has 0 bridgehead atoms. The fourth-order valence-electron chi connectivity index (χ4n) is 3.64. The van der Waals surface area contributed by atoms with Gasteiger partial charge >= 0.3 is 0 Å². The highest BCUT2D eigenvalue weighted by Gasteiger charge is 2.45. The highest BCUT2D eigenvalue weighted by molar-refractivity contribution is 5.88. The number of hydrogen-bond donors (Lipinski definition) is 1. The zero-order valence-corrected chi connectivity index (χ0v) is 16.9. The van der Waals surface area contributed by atoms with Crippen molar-refractivity contribution in [1.82, 2.24) is 15.2 Å². The molecular weight excluding hydrogens is 370 g/mol. The maximum absolute atomic E-state index is 13.1. The zero-order chi connectivity index (χ0) is 20.7. The number of methoxy groups -OCH3 is 1. The Labute approximate surface area is 171 Å². The van der Waals surface area contributed by atoms with Crippen LogP contribution in [0, 0.1) is 0 Å². The van der Waals surface area contributed by atoms with Crippen molar-refractivity contribution in [1.29, 1.82) is 0 Å². The number of hydrogen-bond acceptors (Lipinski definition) is 5. The summed E-state index contributed by atoms with van der Waals surface area (Å²) in [4.78, 5) is 31.4. The molecule has 0 saturated carbocycles. The van der Waals surface area contributed by atoms with E-state index in [2.05, 4.69) is 10.3 Å². The summed E-state index contributed by atoms with van der Waals surface area (Å²) in [5.41, 5.74) is 1.77. The predicted octanol–water partition coefficient (Wildman–Crippen LogP) is 1.67. The van der Waals surface area contributed by atoms with Gasteiger partial charge in [-0.1, -0.05) is 30.3 Å². The molecule has 1 aromatic carbocycles. The third kappa shape index (κ3) is 4.81. The SMILES string of the molecule is CCNC(=O)[C@]1(Cc2ccccc2-c2cccnc2)CN(C(=O)COC)CCO1. The number of likely N-dealkylation sites (N-methyl/N-ethyl adjacent to an activating group) is 1. The van der Waals surface area contributed by atoms with Crippen LogP contribution in [-0.4, -0.2) is 67.3 Å². The van der Waals surface area contributed by atoms with Crippen LogP contribution >= 0.6 is 0 Å². The Balaban J connectivity index is 1.95. The first-order chi connectivity index (χ1) is 14.1. The van der Waals surface area contributed by atoms with Crippen LogP contribution in [0.15, 0.2) is 48.8 Å². The first-order valence-corrected chi connectivity index (χ1v) is 9.77. The van der Waals surface area contributed by atoms with Crippen LogP contribution < -0.4 is 5.32 Å². The number of nitrogens with zero attached hydrogens (tertiary/aromatic N) is 2. The Morgan fingerprint density at radius 1 is 1.28 bits per heavy atom. The normalized spacial score (nSPS) is 19.0. The molecule has 0 aliphatic carbocycles. The molecule has 1 aliphatic rings. The topological polar surface area (TPSA) is 80.8 Å². The molecule has 1 atom stereocenters. The molecule has 1 aromatic heterocycles. The lowest BCUT2D eigenvalue weighted by atomic mass is 9.87. The molecule has 1 N–H and O–H groups in total. The van der Waals surface area contributed by atoms with Crippen LogP contribution in [0.3, 0.4) is 0 Å².